The Balaban J connectivity index is 2.54. The molecule has 0 amide bonds. The van der Waals surface area contributed by atoms with E-state index in [4.69, 9.17) is 4.42 Å². The molecule has 0 aliphatic carbocycles. The van der Waals surface area contributed by atoms with Crippen LogP contribution in [0.15, 0.2) is 28.7 Å². The summed E-state index contributed by atoms with van der Waals surface area (Å²) < 4.78 is 5.71. The molecule has 0 unspecified atom stereocenters. The van der Waals surface area contributed by atoms with Crippen LogP contribution >= 0.6 is 0 Å². The van der Waals surface area contributed by atoms with Gasteiger partial charge in [-0.15, -0.1) is 0 Å². The second-order valence-corrected chi connectivity index (χ2v) is 4.02. The first-order chi connectivity index (χ1) is 6.70. The first-order valence-electron chi connectivity index (χ1n) is 5.23. The lowest BCUT2D eigenvalue weighted by Gasteiger charge is -2.03. The van der Waals surface area contributed by atoms with E-state index in [2.05, 4.69) is 45.0 Å². The van der Waals surface area contributed by atoms with Crippen molar-refractivity contribution in [1.82, 2.24) is 0 Å². The van der Waals surface area contributed by atoms with Crippen LogP contribution in [0.2, 0.25) is 0 Å². The Hall–Kier alpha value is -1.24. The lowest BCUT2D eigenvalue weighted by molar-refractivity contribution is 0.556. The van der Waals surface area contributed by atoms with Gasteiger partial charge in [0.2, 0.25) is 0 Å². The van der Waals surface area contributed by atoms with Crippen molar-refractivity contribution in [1.29, 1.82) is 0 Å². The van der Waals surface area contributed by atoms with E-state index in [1.165, 1.54) is 10.9 Å². The molecule has 0 radical (unpaired) electrons. The standard InChI is InChI=1S/C13H16O/c1-4-12-7-11-6-5-10(9(2)3)8-13(11)14-12/h5-9H,4H2,1-3H3. The molecule has 1 heteroatoms. The zero-order valence-corrected chi connectivity index (χ0v) is 9.00. The Labute approximate surface area is 84.7 Å². The van der Waals surface area contributed by atoms with Crippen LogP contribution in [0.5, 0.6) is 0 Å². The van der Waals surface area contributed by atoms with Crippen LogP contribution in [0.1, 0.15) is 38.0 Å². The molecule has 0 fully saturated rings. The molecule has 0 aliphatic heterocycles. The molecule has 0 N–H and O–H groups in total. The smallest absolute Gasteiger partial charge is 0.134 e. The number of aryl methyl sites for hydroxylation is 1. The summed E-state index contributed by atoms with van der Waals surface area (Å²) in [5.41, 5.74) is 2.36. The highest BCUT2D eigenvalue weighted by molar-refractivity contribution is 5.78. The minimum Gasteiger partial charge on any atom is -0.461 e. The quantitative estimate of drug-likeness (QED) is 0.691. The van der Waals surface area contributed by atoms with Crippen LogP contribution < -0.4 is 0 Å². The number of hydrogen-bond donors (Lipinski definition) is 0. The Morgan fingerprint density at radius 1 is 1.21 bits per heavy atom. The number of fused-ring (bicyclic) bond motifs is 1. The van der Waals surface area contributed by atoms with Crippen molar-refractivity contribution in [3.63, 3.8) is 0 Å². The average molecular weight is 188 g/mol. The summed E-state index contributed by atoms with van der Waals surface area (Å²) in [6.07, 6.45) is 0.964. The molecule has 0 aliphatic rings. The van der Waals surface area contributed by atoms with Crippen LogP contribution in [0.4, 0.5) is 0 Å². The molecule has 0 bridgehead atoms. The van der Waals surface area contributed by atoms with E-state index in [-0.39, 0.29) is 0 Å². The van der Waals surface area contributed by atoms with Crippen molar-refractivity contribution < 1.29 is 4.42 Å². The van der Waals surface area contributed by atoms with Gasteiger partial charge in [0, 0.05) is 11.8 Å². The van der Waals surface area contributed by atoms with E-state index < -0.39 is 0 Å². The highest BCUT2D eigenvalue weighted by Crippen LogP contribution is 2.24. The second kappa shape index (κ2) is 3.49. The largest absolute Gasteiger partial charge is 0.461 e. The zero-order chi connectivity index (χ0) is 10.1. The molecule has 2 rings (SSSR count). The molecule has 0 atom stereocenters. The molecule has 1 heterocycles. The van der Waals surface area contributed by atoms with E-state index in [1.807, 2.05) is 0 Å². The van der Waals surface area contributed by atoms with Crippen molar-refractivity contribution in [3.8, 4) is 0 Å². The van der Waals surface area contributed by atoms with Crippen molar-refractivity contribution in [2.24, 2.45) is 0 Å². The highest BCUT2D eigenvalue weighted by atomic mass is 16.3. The Morgan fingerprint density at radius 2 is 2.00 bits per heavy atom. The van der Waals surface area contributed by atoms with Gasteiger partial charge in [-0.2, -0.15) is 0 Å². The van der Waals surface area contributed by atoms with Crippen molar-refractivity contribution >= 4 is 11.0 Å². The highest BCUT2D eigenvalue weighted by Gasteiger charge is 2.04. The van der Waals surface area contributed by atoms with E-state index in [1.54, 1.807) is 0 Å². The molecular formula is C13H16O. The Kier molecular flexibility index (Phi) is 2.32. The minimum atomic E-state index is 0.564. The van der Waals surface area contributed by atoms with Gasteiger partial charge < -0.3 is 4.42 Å². The average Bonchev–Trinajstić information content (AvgIpc) is 2.58. The van der Waals surface area contributed by atoms with Gasteiger partial charge >= 0.3 is 0 Å². The first kappa shape index (κ1) is 9.32. The van der Waals surface area contributed by atoms with E-state index in [0.717, 1.165) is 17.8 Å². The van der Waals surface area contributed by atoms with Crippen LogP contribution in [0, 0.1) is 0 Å². The molecule has 2 aromatic rings. The lowest BCUT2D eigenvalue weighted by atomic mass is 10.0. The fourth-order valence-corrected chi connectivity index (χ4v) is 1.64. The fourth-order valence-electron chi connectivity index (χ4n) is 1.64. The normalized spacial score (nSPS) is 11.4. The molecular weight excluding hydrogens is 172 g/mol. The molecule has 1 aromatic heterocycles. The molecule has 14 heavy (non-hydrogen) atoms. The van der Waals surface area contributed by atoms with Gasteiger partial charge in [0.05, 0.1) is 0 Å². The summed E-state index contributed by atoms with van der Waals surface area (Å²) in [6, 6.07) is 8.61. The van der Waals surface area contributed by atoms with Crippen LogP contribution in [0.25, 0.3) is 11.0 Å². The van der Waals surface area contributed by atoms with Gasteiger partial charge in [0.25, 0.3) is 0 Å². The fraction of sp³-hybridized carbons (Fsp3) is 0.385. The van der Waals surface area contributed by atoms with Gasteiger partial charge in [0.1, 0.15) is 11.3 Å². The van der Waals surface area contributed by atoms with Crippen molar-refractivity contribution in [3.05, 3.63) is 35.6 Å². The van der Waals surface area contributed by atoms with Gasteiger partial charge in [-0.1, -0.05) is 32.9 Å². The van der Waals surface area contributed by atoms with Crippen molar-refractivity contribution in [2.45, 2.75) is 33.1 Å². The van der Waals surface area contributed by atoms with Crippen LogP contribution in [0.3, 0.4) is 0 Å². The SMILES string of the molecule is CCc1cc2ccc(C(C)C)cc2o1. The van der Waals surface area contributed by atoms with E-state index >= 15 is 0 Å². The second-order valence-electron chi connectivity index (χ2n) is 4.02. The number of furan rings is 1. The summed E-state index contributed by atoms with van der Waals surface area (Å²) in [4.78, 5) is 0. The minimum absolute atomic E-state index is 0.564. The zero-order valence-electron chi connectivity index (χ0n) is 9.00. The maximum Gasteiger partial charge on any atom is 0.134 e. The van der Waals surface area contributed by atoms with E-state index in [9.17, 15) is 0 Å². The summed E-state index contributed by atoms with van der Waals surface area (Å²) in [5, 5.41) is 1.21. The monoisotopic (exact) mass is 188 g/mol. The summed E-state index contributed by atoms with van der Waals surface area (Å²) in [7, 11) is 0. The third-order valence-electron chi connectivity index (χ3n) is 2.61. The summed E-state index contributed by atoms with van der Waals surface area (Å²) >= 11 is 0. The number of hydrogen-bond acceptors (Lipinski definition) is 1. The molecule has 0 saturated carbocycles. The maximum atomic E-state index is 5.71. The third kappa shape index (κ3) is 1.54. The predicted octanol–water partition coefficient (Wildman–Crippen LogP) is 4.12. The van der Waals surface area contributed by atoms with Gasteiger partial charge in [-0.3, -0.25) is 0 Å². The first-order valence-corrected chi connectivity index (χ1v) is 5.23. The van der Waals surface area contributed by atoms with Gasteiger partial charge in [0.15, 0.2) is 0 Å². The van der Waals surface area contributed by atoms with Crippen molar-refractivity contribution in [2.75, 3.05) is 0 Å². The molecule has 0 saturated heterocycles. The topological polar surface area (TPSA) is 13.1 Å². The van der Waals surface area contributed by atoms with Crippen LogP contribution in [-0.4, -0.2) is 0 Å². The molecule has 0 spiro atoms. The van der Waals surface area contributed by atoms with E-state index in [0.29, 0.717) is 5.92 Å². The lowest BCUT2D eigenvalue weighted by Crippen LogP contribution is -1.84. The Bertz CT molecular complexity index is 437. The number of rotatable bonds is 2. The maximum absolute atomic E-state index is 5.71. The predicted molar refractivity (Wildman–Crippen MR) is 59.7 cm³/mol. The third-order valence-corrected chi connectivity index (χ3v) is 2.61. The summed E-state index contributed by atoms with van der Waals surface area (Å²) in [6.45, 7) is 6.51. The number of benzene rings is 1. The molecule has 74 valence electrons. The summed E-state index contributed by atoms with van der Waals surface area (Å²) in [5.74, 6) is 1.63. The molecule has 1 nitrogen and oxygen atoms in total. The Morgan fingerprint density at radius 3 is 2.64 bits per heavy atom. The molecule has 1 aromatic carbocycles. The van der Waals surface area contributed by atoms with Gasteiger partial charge in [-0.25, -0.2) is 0 Å². The van der Waals surface area contributed by atoms with Gasteiger partial charge in [-0.05, 0) is 23.6 Å². The van der Waals surface area contributed by atoms with Crippen LogP contribution in [-0.2, 0) is 6.42 Å².